The lowest BCUT2D eigenvalue weighted by atomic mass is 9.99. The topological polar surface area (TPSA) is 61.9 Å². The van der Waals surface area contributed by atoms with Gasteiger partial charge in [0.1, 0.15) is 12.2 Å². The van der Waals surface area contributed by atoms with Crippen LogP contribution in [0.4, 0.5) is 0 Å². The number of aromatic amines is 1. The van der Waals surface area contributed by atoms with E-state index in [0.29, 0.717) is 5.91 Å². The van der Waals surface area contributed by atoms with Gasteiger partial charge in [0.05, 0.1) is 6.04 Å². The summed E-state index contributed by atoms with van der Waals surface area (Å²) >= 11 is 0. The molecule has 110 valence electrons. The van der Waals surface area contributed by atoms with E-state index in [-0.39, 0.29) is 22.8 Å². The Morgan fingerprint density at radius 3 is 2.55 bits per heavy atom. The molecular weight excluding hydrogens is 252 g/mol. The van der Waals surface area contributed by atoms with E-state index >= 15 is 0 Å². The molecule has 1 saturated carbocycles. The number of hydrogen-bond donors (Lipinski definition) is 1. The molecule has 20 heavy (non-hydrogen) atoms. The molecule has 1 aliphatic carbocycles. The number of H-pyrrole nitrogens is 1. The standard InChI is InChI=1S/C15H24N4O/c1-14(2)11(15(14,3)4)13(20)19-8-6-5-7-10(19)12-16-9-17-18-12/h9-11H,5-8H2,1-4H3,(H,16,17,18)/t10-/m1/s1. The van der Waals surface area contributed by atoms with Gasteiger partial charge in [0.25, 0.3) is 0 Å². The number of nitrogens with zero attached hydrogens (tertiary/aromatic N) is 3. The summed E-state index contributed by atoms with van der Waals surface area (Å²) in [5, 5.41) is 6.87. The molecule has 1 atom stereocenters. The molecular formula is C15H24N4O. The fourth-order valence-electron chi connectivity index (χ4n) is 3.83. The van der Waals surface area contributed by atoms with Gasteiger partial charge in [-0.3, -0.25) is 9.89 Å². The van der Waals surface area contributed by atoms with Gasteiger partial charge in [-0.15, -0.1) is 0 Å². The van der Waals surface area contributed by atoms with Crippen molar-refractivity contribution in [3.05, 3.63) is 12.2 Å². The second-order valence-corrected chi connectivity index (χ2v) is 7.29. The minimum atomic E-state index is 0.0750. The van der Waals surface area contributed by atoms with Crippen molar-refractivity contribution < 1.29 is 4.79 Å². The maximum atomic E-state index is 13.0. The summed E-state index contributed by atoms with van der Waals surface area (Å²) in [6, 6.07) is 0.0750. The van der Waals surface area contributed by atoms with E-state index in [0.717, 1.165) is 31.6 Å². The molecule has 3 rings (SSSR count). The van der Waals surface area contributed by atoms with E-state index < -0.39 is 0 Å². The lowest BCUT2D eigenvalue weighted by Crippen LogP contribution is -2.41. The Morgan fingerprint density at radius 2 is 2.00 bits per heavy atom. The van der Waals surface area contributed by atoms with Crippen molar-refractivity contribution >= 4 is 5.91 Å². The molecule has 0 bridgehead atoms. The van der Waals surface area contributed by atoms with Crippen LogP contribution in [0.25, 0.3) is 0 Å². The Balaban J connectivity index is 1.83. The molecule has 1 aromatic heterocycles. The number of carbonyl (C=O) groups is 1. The number of rotatable bonds is 2. The first-order chi connectivity index (χ1) is 9.37. The highest BCUT2D eigenvalue weighted by molar-refractivity contribution is 5.84. The van der Waals surface area contributed by atoms with Crippen molar-refractivity contribution in [3.8, 4) is 0 Å². The zero-order chi connectivity index (χ0) is 14.5. The average Bonchev–Trinajstić information content (AvgIpc) is 2.81. The first kappa shape index (κ1) is 13.6. The highest BCUT2D eigenvalue weighted by atomic mass is 16.2. The Bertz CT molecular complexity index is 492. The first-order valence-corrected chi connectivity index (χ1v) is 7.53. The van der Waals surface area contributed by atoms with Crippen molar-refractivity contribution in [1.29, 1.82) is 0 Å². The summed E-state index contributed by atoms with van der Waals surface area (Å²) in [7, 11) is 0. The van der Waals surface area contributed by atoms with E-state index in [1.54, 1.807) is 0 Å². The van der Waals surface area contributed by atoms with Crippen molar-refractivity contribution in [2.75, 3.05) is 6.54 Å². The summed E-state index contributed by atoms with van der Waals surface area (Å²) in [6.45, 7) is 9.63. The third kappa shape index (κ3) is 1.79. The number of carbonyl (C=O) groups excluding carboxylic acids is 1. The van der Waals surface area contributed by atoms with Gasteiger partial charge in [0.2, 0.25) is 5.91 Å². The van der Waals surface area contributed by atoms with Crippen molar-refractivity contribution in [2.24, 2.45) is 16.7 Å². The van der Waals surface area contributed by atoms with Crippen molar-refractivity contribution in [1.82, 2.24) is 20.1 Å². The molecule has 2 aliphatic rings. The minimum absolute atomic E-state index is 0.0750. The Labute approximate surface area is 120 Å². The SMILES string of the molecule is CC1(C)C(C(=O)N2CCCC[C@@H]2c2ncn[nH]2)C1(C)C. The number of piperidine rings is 1. The van der Waals surface area contributed by atoms with E-state index in [9.17, 15) is 4.79 Å². The number of aromatic nitrogens is 3. The molecule has 1 amide bonds. The molecule has 5 nitrogen and oxygen atoms in total. The summed E-state index contributed by atoms with van der Waals surface area (Å²) in [6.07, 6.45) is 4.74. The molecule has 0 spiro atoms. The van der Waals surface area contributed by atoms with Crippen LogP contribution < -0.4 is 0 Å². The van der Waals surface area contributed by atoms with Crippen LogP contribution in [0, 0.1) is 16.7 Å². The molecule has 5 heteroatoms. The number of likely N-dealkylation sites (tertiary alicyclic amines) is 1. The van der Waals surface area contributed by atoms with Crippen molar-refractivity contribution in [2.45, 2.75) is 53.0 Å². The molecule has 2 fully saturated rings. The quantitative estimate of drug-likeness (QED) is 0.903. The van der Waals surface area contributed by atoms with Crippen LogP contribution in [0.1, 0.15) is 58.8 Å². The molecule has 0 radical (unpaired) electrons. The lowest BCUT2D eigenvalue weighted by molar-refractivity contribution is -0.138. The van der Waals surface area contributed by atoms with Gasteiger partial charge in [-0.2, -0.15) is 5.10 Å². The predicted octanol–water partition coefficient (Wildman–Crippen LogP) is 2.54. The Morgan fingerprint density at radius 1 is 1.30 bits per heavy atom. The van der Waals surface area contributed by atoms with Gasteiger partial charge in [0.15, 0.2) is 0 Å². The van der Waals surface area contributed by atoms with Crippen LogP contribution in [0.15, 0.2) is 6.33 Å². The summed E-state index contributed by atoms with van der Waals surface area (Å²) in [4.78, 5) is 19.3. The molecule has 2 heterocycles. The second-order valence-electron chi connectivity index (χ2n) is 7.29. The number of nitrogens with one attached hydrogen (secondary N) is 1. The zero-order valence-electron chi connectivity index (χ0n) is 12.8. The van der Waals surface area contributed by atoms with Gasteiger partial charge >= 0.3 is 0 Å². The van der Waals surface area contributed by atoms with Gasteiger partial charge in [-0.1, -0.05) is 27.7 Å². The first-order valence-electron chi connectivity index (χ1n) is 7.53. The van der Waals surface area contributed by atoms with Crippen LogP contribution in [0.2, 0.25) is 0 Å². The van der Waals surface area contributed by atoms with Crippen LogP contribution in [0.5, 0.6) is 0 Å². The van der Waals surface area contributed by atoms with Gasteiger partial charge in [-0.05, 0) is 30.1 Å². The maximum Gasteiger partial charge on any atom is 0.227 e. The maximum absolute atomic E-state index is 13.0. The second kappa shape index (κ2) is 4.30. The van der Waals surface area contributed by atoms with E-state index in [2.05, 4.69) is 42.9 Å². The van der Waals surface area contributed by atoms with Gasteiger partial charge in [-0.25, -0.2) is 4.98 Å². The summed E-state index contributed by atoms with van der Waals surface area (Å²) in [5.74, 6) is 1.24. The molecule has 1 N–H and O–H groups in total. The van der Waals surface area contributed by atoms with Crippen molar-refractivity contribution in [3.63, 3.8) is 0 Å². The van der Waals surface area contributed by atoms with Crippen LogP contribution >= 0.6 is 0 Å². The Hall–Kier alpha value is -1.39. The lowest BCUT2D eigenvalue weighted by Gasteiger charge is -2.35. The third-order valence-electron chi connectivity index (χ3n) is 5.80. The highest BCUT2D eigenvalue weighted by Crippen LogP contribution is 2.69. The number of hydrogen-bond acceptors (Lipinski definition) is 3. The molecule has 1 saturated heterocycles. The predicted molar refractivity (Wildman–Crippen MR) is 75.7 cm³/mol. The third-order valence-corrected chi connectivity index (χ3v) is 5.80. The molecule has 0 unspecified atom stereocenters. The van der Waals surface area contributed by atoms with E-state index in [1.165, 1.54) is 6.33 Å². The van der Waals surface area contributed by atoms with Gasteiger partial charge in [0, 0.05) is 12.5 Å². The highest BCUT2D eigenvalue weighted by Gasteiger charge is 2.69. The Kier molecular flexibility index (Phi) is 2.92. The minimum Gasteiger partial charge on any atom is -0.332 e. The normalized spacial score (nSPS) is 28.4. The van der Waals surface area contributed by atoms with Gasteiger partial charge < -0.3 is 4.90 Å². The fourth-order valence-corrected chi connectivity index (χ4v) is 3.83. The largest absolute Gasteiger partial charge is 0.332 e. The zero-order valence-corrected chi connectivity index (χ0v) is 12.8. The number of amides is 1. The molecule has 0 aromatic carbocycles. The summed E-state index contributed by atoms with van der Waals surface area (Å²) < 4.78 is 0. The van der Waals surface area contributed by atoms with E-state index in [4.69, 9.17) is 0 Å². The monoisotopic (exact) mass is 276 g/mol. The molecule has 1 aliphatic heterocycles. The molecule has 1 aromatic rings. The van der Waals surface area contributed by atoms with Crippen LogP contribution in [0.3, 0.4) is 0 Å². The smallest absolute Gasteiger partial charge is 0.227 e. The summed E-state index contributed by atoms with van der Waals surface area (Å²) in [5.41, 5.74) is 0.182. The van der Waals surface area contributed by atoms with E-state index in [1.807, 2.05) is 4.90 Å². The van der Waals surface area contributed by atoms with Crippen LogP contribution in [-0.2, 0) is 4.79 Å². The van der Waals surface area contributed by atoms with Crippen LogP contribution in [-0.4, -0.2) is 32.5 Å². The average molecular weight is 276 g/mol. The fraction of sp³-hybridized carbons (Fsp3) is 0.800.